The summed E-state index contributed by atoms with van der Waals surface area (Å²) in [7, 11) is 1.60. The van der Waals surface area contributed by atoms with Crippen LogP contribution in [0.2, 0.25) is 0 Å². The Labute approximate surface area is 145 Å². The van der Waals surface area contributed by atoms with Gasteiger partial charge >= 0.3 is 0 Å². The van der Waals surface area contributed by atoms with Gasteiger partial charge in [-0.15, -0.1) is 10.2 Å². The number of aromatic nitrogens is 4. The van der Waals surface area contributed by atoms with E-state index >= 15 is 0 Å². The van der Waals surface area contributed by atoms with E-state index in [0.717, 1.165) is 11.1 Å². The average molecular weight is 337 g/mol. The third-order valence-corrected chi connectivity index (χ3v) is 3.74. The fourth-order valence-electron chi connectivity index (χ4n) is 2.43. The van der Waals surface area contributed by atoms with Crippen LogP contribution in [0.5, 0.6) is 5.75 Å². The summed E-state index contributed by atoms with van der Waals surface area (Å²) in [6.07, 6.45) is 0. The highest BCUT2D eigenvalue weighted by Crippen LogP contribution is 2.19. The van der Waals surface area contributed by atoms with E-state index in [2.05, 4.69) is 20.7 Å². The van der Waals surface area contributed by atoms with Crippen LogP contribution in [0, 0.1) is 0 Å². The monoisotopic (exact) mass is 337 g/mol. The van der Waals surface area contributed by atoms with Crippen LogP contribution in [0.15, 0.2) is 54.6 Å². The first-order valence-corrected chi connectivity index (χ1v) is 7.92. The summed E-state index contributed by atoms with van der Waals surface area (Å²) >= 11 is 0. The maximum absolute atomic E-state index is 12.2. The van der Waals surface area contributed by atoms with Gasteiger partial charge in [-0.05, 0) is 29.8 Å². The second-order valence-corrected chi connectivity index (χ2v) is 5.58. The number of methoxy groups -OCH3 is 1. The molecular formula is C18H19N5O2. The van der Waals surface area contributed by atoms with Crippen molar-refractivity contribution in [3.8, 4) is 17.1 Å². The van der Waals surface area contributed by atoms with Crippen molar-refractivity contribution in [1.29, 1.82) is 0 Å². The molecule has 0 radical (unpaired) electrons. The lowest BCUT2D eigenvalue weighted by Crippen LogP contribution is -2.30. The normalized spacial score (nSPS) is 11.8. The van der Waals surface area contributed by atoms with E-state index in [1.54, 1.807) is 7.11 Å². The zero-order valence-corrected chi connectivity index (χ0v) is 14.1. The molecule has 7 heteroatoms. The highest BCUT2D eigenvalue weighted by Gasteiger charge is 2.12. The first kappa shape index (κ1) is 16.6. The molecule has 1 aromatic heterocycles. The van der Waals surface area contributed by atoms with Gasteiger partial charge in [0.1, 0.15) is 12.3 Å². The smallest absolute Gasteiger partial charge is 0.244 e. The Morgan fingerprint density at radius 1 is 1.20 bits per heavy atom. The molecule has 0 aliphatic carbocycles. The molecule has 0 saturated carbocycles. The van der Waals surface area contributed by atoms with Crippen molar-refractivity contribution in [2.24, 2.45) is 0 Å². The third kappa shape index (κ3) is 4.20. The molecule has 0 saturated heterocycles. The van der Waals surface area contributed by atoms with Gasteiger partial charge < -0.3 is 10.1 Å². The molecule has 7 nitrogen and oxygen atoms in total. The average Bonchev–Trinajstić information content (AvgIpc) is 3.10. The molecule has 0 aliphatic heterocycles. The summed E-state index contributed by atoms with van der Waals surface area (Å²) in [6.45, 7) is 1.94. The second-order valence-electron chi connectivity index (χ2n) is 5.58. The van der Waals surface area contributed by atoms with Crippen molar-refractivity contribution in [1.82, 2.24) is 25.5 Å². The number of tetrazole rings is 1. The highest BCUT2D eigenvalue weighted by atomic mass is 16.5. The van der Waals surface area contributed by atoms with E-state index in [1.165, 1.54) is 4.80 Å². The van der Waals surface area contributed by atoms with Gasteiger partial charge in [0.2, 0.25) is 11.7 Å². The molecule has 1 amide bonds. The van der Waals surface area contributed by atoms with Crippen LogP contribution < -0.4 is 10.1 Å². The van der Waals surface area contributed by atoms with Crippen LogP contribution in [0.1, 0.15) is 18.5 Å². The molecule has 25 heavy (non-hydrogen) atoms. The summed E-state index contributed by atoms with van der Waals surface area (Å²) in [5, 5.41) is 15.1. The lowest BCUT2D eigenvalue weighted by Gasteiger charge is -2.13. The number of benzene rings is 2. The maximum atomic E-state index is 12.2. The standard InChI is InChI=1S/C18H19N5O2/c1-13(14-7-4-3-5-8-14)19-17(24)12-23-21-18(20-22-23)15-9-6-10-16(11-15)25-2/h3-11,13H,12H2,1-2H3,(H,19,24)/t13-/m0/s1. The van der Waals surface area contributed by atoms with Crippen molar-refractivity contribution >= 4 is 5.91 Å². The molecule has 3 rings (SSSR count). The Morgan fingerprint density at radius 3 is 2.76 bits per heavy atom. The van der Waals surface area contributed by atoms with Crippen molar-refractivity contribution in [2.75, 3.05) is 7.11 Å². The zero-order chi connectivity index (χ0) is 17.6. The van der Waals surface area contributed by atoms with E-state index in [9.17, 15) is 4.79 Å². The number of hydrogen-bond donors (Lipinski definition) is 1. The van der Waals surface area contributed by atoms with E-state index in [0.29, 0.717) is 11.6 Å². The van der Waals surface area contributed by atoms with Gasteiger partial charge in [-0.2, -0.15) is 4.80 Å². The summed E-state index contributed by atoms with van der Waals surface area (Å²) < 4.78 is 5.19. The predicted molar refractivity (Wildman–Crippen MR) is 92.8 cm³/mol. The predicted octanol–water partition coefficient (Wildman–Crippen LogP) is 2.23. The number of nitrogens with one attached hydrogen (secondary N) is 1. The van der Waals surface area contributed by atoms with E-state index < -0.39 is 0 Å². The fraction of sp³-hybridized carbons (Fsp3) is 0.222. The molecule has 1 N–H and O–H groups in total. The topological polar surface area (TPSA) is 81.9 Å². The van der Waals surface area contributed by atoms with Crippen molar-refractivity contribution < 1.29 is 9.53 Å². The number of hydrogen-bond acceptors (Lipinski definition) is 5. The Bertz CT molecular complexity index is 847. The molecule has 3 aromatic rings. The third-order valence-electron chi connectivity index (χ3n) is 3.74. The Hall–Kier alpha value is -3.22. The van der Waals surface area contributed by atoms with Gasteiger partial charge in [0.25, 0.3) is 0 Å². The molecule has 1 atom stereocenters. The molecule has 2 aromatic carbocycles. The largest absolute Gasteiger partial charge is 0.497 e. The summed E-state index contributed by atoms with van der Waals surface area (Å²) in [5.74, 6) is 0.983. The molecule has 128 valence electrons. The van der Waals surface area contributed by atoms with Crippen LogP contribution in [-0.2, 0) is 11.3 Å². The van der Waals surface area contributed by atoms with Crippen LogP contribution in [0.3, 0.4) is 0 Å². The van der Waals surface area contributed by atoms with Gasteiger partial charge in [0, 0.05) is 5.56 Å². The molecule has 0 bridgehead atoms. The fourth-order valence-corrected chi connectivity index (χ4v) is 2.43. The van der Waals surface area contributed by atoms with Gasteiger partial charge in [-0.3, -0.25) is 4.79 Å². The molecule has 0 fully saturated rings. The van der Waals surface area contributed by atoms with Crippen LogP contribution in [0.4, 0.5) is 0 Å². The Balaban J connectivity index is 1.63. The quantitative estimate of drug-likeness (QED) is 0.746. The van der Waals surface area contributed by atoms with Gasteiger partial charge in [0.15, 0.2) is 0 Å². The number of carbonyl (C=O) groups is 1. The van der Waals surface area contributed by atoms with Gasteiger partial charge in [-0.1, -0.05) is 42.5 Å². The van der Waals surface area contributed by atoms with Gasteiger partial charge in [-0.25, -0.2) is 0 Å². The Morgan fingerprint density at radius 2 is 2.00 bits per heavy atom. The number of nitrogens with zero attached hydrogens (tertiary/aromatic N) is 4. The lowest BCUT2D eigenvalue weighted by atomic mass is 10.1. The molecular weight excluding hydrogens is 318 g/mol. The Kier molecular flexibility index (Phi) is 5.03. The van der Waals surface area contributed by atoms with Crippen molar-refractivity contribution in [3.05, 3.63) is 60.2 Å². The summed E-state index contributed by atoms with van der Waals surface area (Å²) in [4.78, 5) is 13.5. The minimum atomic E-state index is -0.175. The number of rotatable bonds is 6. The summed E-state index contributed by atoms with van der Waals surface area (Å²) in [5.41, 5.74) is 1.82. The second kappa shape index (κ2) is 7.57. The molecule has 0 aliphatic rings. The molecule has 0 unspecified atom stereocenters. The molecule has 0 spiro atoms. The van der Waals surface area contributed by atoms with Crippen LogP contribution in [-0.4, -0.2) is 33.2 Å². The number of carbonyl (C=O) groups excluding carboxylic acids is 1. The minimum Gasteiger partial charge on any atom is -0.497 e. The number of ether oxygens (including phenoxy) is 1. The zero-order valence-electron chi connectivity index (χ0n) is 14.1. The maximum Gasteiger partial charge on any atom is 0.244 e. The van der Waals surface area contributed by atoms with E-state index in [1.807, 2.05) is 61.5 Å². The van der Waals surface area contributed by atoms with Crippen molar-refractivity contribution in [3.63, 3.8) is 0 Å². The van der Waals surface area contributed by atoms with Gasteiger partial charge in [0.05, 0.1) is 13.2 Å². The highest BCUT2D eigenvalue weighted by molar-refractivity contribution is 5.76. The van der Waals surface area contributed by atoms with Crippen LogP contribution in [0.25, 0.3) is 11.4 Å². The first-order valence-electron chi connectivity index (χ1n) is 7.92. The van der Waals surface area contributed by atoms with Crippen LogP contribution >= 0.6 is 0 Å². The summed E-state index contributed by atoms with van der Waals surface area (Å²) in [6, 6.07) is 17.1. The number of amides is 1. The SMILES string of the molecule is COc1cccc(-c2nnn(CC(=O)N[C@@H](C)c3ccccc3)n2)c1. The van der Waals surface area contributed by atoms with Crippen molar-refractivity contribution in [2.45, 2.75) is 19.5 Å². The van der Waals surface area contributed by atoms with E-state index in [-0.39, 0.29) is 18.5 Å². The lowest BCUT2D eigenvalue weighted by molar-refractivity contribution is -0.122. The van der Waals surface area contributed by atoms with E-state index in [4.69, 9.17) is 4.74 Å². The first-order chi connectivity index (χ1) is 12.2. The molecule has 1 heterocycles. The minimum absolute atomic E-state index is 0.00808.